The Morgan fingerprint density at radius 1 is 0.744 bits per heavy atom. The van der Waals surface area contributed by atoms with Crippen molar-refractivity contribution in [2.75, 3.05) is 26.2 Å². The fourth-order valence-electron chi connectivity index (χ4n) is 7.34. The van der Waals surface area contributed by atoms with Crippen molar-refractivity contribution in [3.63, 3.8) is 0 Å². The smallest absolute Gasteiger partial charge is 0.203 e. The van der Waals surface area contributed by atoms with Gasteiger partial charge in [0.2, 0.25) is 5.75 Å². The third kappa shape index (κ3) is 3.57. The van der Waals surface area contributed by atoms with Crippen LogP contribution in [-0.4, -0.2) is 50.8 Å². The first-order valence-corrected chi connectivity index (χ1v) is 14.1. The van der Waals surface area contributed by atoms with Gasteiger partial charge in [0.05, 0.1) is 27.4 Å². The largest absolute Gasteiger partial charge is 0.493 e. The highest BCUT2D eigenvalue weighted by Crippen LogP contribution is 2.61. The lowest BCUT2D eigenvalue weighted by Gasteiger charge is -2.37. The molecule has 0 saturated carbocycles. The summed E-state index contributed by atoms with van der Waals surface area (Å²) in [6, 6.07) is 25.6. The molecule has 1 fully saturated rings. The second-order valence-electron chi connectivity index (χ2n) is 11.0. The van der Waals surface area contributed by atoms with E-state index in [1.165, 1.54) is 21.3 Å². The average Bonchev–Trinajstić information content (AvgIpc) is 3.50. The lowest BCUT2D eigenvalue weighted by Crippen LogP contribution is -2.48. The topological polar surface area (TPSA) is 82.1 Å². The summed E-state index contributed by atoms with van der Waals surface area (Å²) in [7, 11) is 4.55. The van der Waals surface area contributed by atoms with E-state index in [9.17, 15) is 14.4 Å². The quantitative estimate of drug-likeness (QED) is 0.207. The predicted octanol–water partition coefficient (Wildman–Crippen LogP) is 6.03. The minimum Gasteiger partial charge on any atom is -0.493 e. The van der Waals surface area contributed by atoms with Gasteiger partial charge in [0.15, 0.2) is 28.8 Å². The van der Waals surface area contributed by atoms with E-state index >= 15 is 0 Å². The van der Waals surface area contributed by atoms with E-state index < -0.39 is 23.4 Å². The number of methoxy groups -OCH3 is 3. The summed E-state index contributed by atoms with van der Waals surface area (Å²) in [4.78, 5) is 46.4. The summed E-state index contributed by atoms with van der Waals surface area (Å²) in [5.41, 5.74) is 1.85. The Balaban J connectivity index is 1.58. The van der Waals surface area contributed by atoms with Gasteiger partial charge in [-0.05, 0) is 29.3 Å². The van der Waals surface area contributed by atoms with Gasteiger partial charge < -0.3 is 19.1 Å². The number of benzene rings is 4. The number of fused-ring (bicyclic) bond motifs is 5. The van der Waals surface area contributed by atoms with Crippen LogP contribution in [0.1, 0.15) is 48.1 Å². The number of hydrogen-bond acceptors (Lipinski definition) is 7. The van der Waals surface area contributed by atoms with Crippen molar-refractivity contribution in [1.29, 1.82) is 0 Å². The van der Waals surface area contributed by atoms with Crippen LogP contribution in [0, 0.1) is 5.41 Å². The third-order valence-corrected chi connectivity index (χ3v) is 9.09. The van der Waals surface area contributed by atoms with Crippen molar-refractivity contribution in [3.05, 3.63) is 125 Å². The van der Waals surface area contributed by atoms with E-state index in [4.69, 9.17) is 14.2 Å². The third-order valence-electron chi connectivity index (χ3n) is 9.09. The van der Waals surface area contributed by atoms with Crippen LogP contribution in [0.25, 0.3) is 6.08 Å². The van der Waals surface area contributed by atoms with E-state index in [1.807, 2.05) is 59.5 Å². The van der Waals surface area contributed by atoms with Gasteiger partial charge in [-0.2, -0.15) is 0 Å². The molecule has 1 aliphatic carbocycles. The van der Waals surface area contributed by atoms with Gasteiger partial charge in [-0.3, -0.25) is 14.4 Å². The molecule has 2 heterocycles. The zero-order valence-corrected chi connectivity index (χ0v) is 23.9. The summed E-state index contributed by atoms with van der Waals surface area (Å²) in [6.07, 6.45) is 3.86. The zero-order chi connectivity index (χ0) is 29.9. The van der Waals surface area contributed by atoms with Gasteiger partial charge in [0.25, 0.3) is 0 Å². The van der Waals surface area contributed by atoms with Crippen LogP contribution < -0.4 is 19.1 Å². The molecule has 7 rings (SSSR count). The summed E-state index contributed by atoms with van der Waals surface area (Å²) in [5.74, 6) is -0.571. The Hall–Kier alpha value is -5.17. The molecule has 0 unspecified atom stereocenters. The SMILES string of the molecule is COc1cc([C@@H]2[C@H](C(=O)c3ccccc3)N3c4ccccc4C=C[C@H]3C23C(=O)c2ccccc2C3=O)cc(OC)c1OC. The number of carbonyl (C=O) groups excluding carboxylic acids is 3. The fraction of sp³-hybridized carbons (Fsp3) is 0.194. The van der Waals surface area contributed by atoms with Crippen molar-refractivity contribution in [1.82, 2.24) is 0 Å². The number of ether oxygens (including phenoxy) is 3. The second kappa shape index (κ2) is 9.98. The molecule has 3 atom stereocenters. The monoisotopic (exact) mass is 571 g/mol. The summed E-state index contributed by atoms with van der Waals surface area (Å²) >= 11 is 0. The number of rotatable bonds is 6. The molecule has 0 bridgehead atoms. The number of nitrogens with zero attached hydrogens (tertiary/aromatic N) is 1. The van der Waals surface area contributed by atoms with Crippen molar-refractivity contribution in [2.24, 2.45) is 5.41 Å². The first-order chi connectivity index (χ1) is 21.0. The van der Waals surface area contributed by atoms with Crippen molar-refractivity contribution >= 4 is 29.1 Å². The average molecular weight is 572 g/mol. The van der Waals surface area contributed by atoms with Crippen LogP contribution in [0.3, 0.4) is 0 Å². The van der Waals surface area contributed by atoms with E-state index in [-0.39, 0.29) is 17.3 Å². The summed E-state index contributed by atoms with van der Waals surface area (Å²) in [5, 5.41) is 0. The maximum atomic E-state index is 14.8. The molecule has 3 aliphatic rings. The van der Waals surface area contributed by atoms with Crippen molar-refractivity contribution < 1.29 is 28.6 Å². The highest BCUT2D eigenvalue weighted by molar-refractivity contribution is 6.32. The van der Waals surface area contributed by atoms with E-state index in [2.05, 4.69) is 0 Å². The number of carbonyl (C=O) groups is 3. The highest BCUT2D eigenvalue weighted by Gasteiger charge is 2.71. The molecule has 1 saturated heterocycles. The standard InChI is InChI=1S/C36H29NO6/c1-41-27-19-23(20-28(42-2)33(27)43-3)30-31(32(38)22-12-5-4-6-13-22)37-26-16-10-7-11-21(26)17-18-29(37)36(30)34(39)24-14-8-9-15-25(24)35(36)40/h4-20,29-31H,1-3H3/t29-,30+,31+/m0/s1. The molecule has 4 aromatic carbocycles. The van der Waals surface area contributed by atoms with Crippen LogP contribution >= 0.6 is 0 Å². The Morgan fingerprint density at radius 3 is 1.93 bits per heavy atom. The van der Waals surface area contributed by atoms with Crippen LogP contribution in [0.2, 0.25) is 0 Å². The van der Waals surface area contributed by atoms with Gasteiger partial charge in [0.1, 0.15) is 11.5 Å². The van der Waals surface area contributed by atoms with Gasteiger partial charge in [-0.25, -0.2) is 0 Å². The Bertz CT molecular complexity index is 1770. The number of anilines is 1. The fourth-order valence-corrected chi connectivity index (χ4v) is 7.34. The zero-order valence-electron chi connectivity index (χ0n) is 23.9. The van der Waals surface area contributed by atoms with E-state index in [0.717, 1.165) is 11.3 Å². The molecule has 0 radical (unpaired) electrons. The number of Topliss-reactive ketones (excluding diaryl/α,β-unsaturated/α-hetero) is 3. The Kier molecular flexibility index (Phi) is 6.20. The van der Waals surface area contributed by atoms with Gasteiger partial charge >= 0.3 is 0 Å². The molecule has 4 aromatic rings. The minimum absolute atomic E-state index is 0.192. The molecule has 2 aliphatic heterocycles. The van der Waals surface area contributed by atoms with Gasteiger partial charge in [0, 0.05) is 28.3 Å². The number of para-hydroxylation sites is 1. The van der Waals surface area contributed by atoms with E-state index in [1.54, 1.807) is 48.5 Å². The first-order valence-electron chi connectivity index (χ1n) is 14.1. The van der Waals surface area contributed by atoms with Gasteiger partial charge in [-0.1, -0.05) is 84.9 Å². The molecule has 7 heteroatoms. The molecule has 7 nitrogen and oxygen atoms in total. The lowest BCUT2D eigenvalue weighted by molar-refractivity contribution is 0.0665. The molecular formula is C36H29NO6. The molecule has 0 N–H and O–H groups in total. The first kappa shape index (κ1) is 26.7. The molecule has 0 aromatic heterocycles. The molecule has 0 amide bonds. The Morgan fingerprint density at radius 2 is 1.33 bits per heavy atom. The number of ketones is 3. The van der Waals surface area contributed by atoms with Crippen molar-refractivity contribution in [3.8, 4) is 17.2 Å². The van der Waals surface area contributed by atoms with E-state index in [0.29, 0.717) is 39.5 Å². The van der Waals surface area contributed by atoms with Crippen LogP contribution in [0.5, 0.6) is 17.2 Å². The second-order valence-corrected chi connectivity index (χ2v) is 11.0. The molecule has 214 valence electrons. The maximum Gasteiger partial charge on any atom is 0.203 e. The van der Waals surface area contributed by atoms with Crippen LogP contribution in [-0.2, 0) is 0 Å². The predicted molar refractivity (Wildman–Crippen MR) is 163 cm³/mol. The summed E-state index contributed by atoms with van der Waals surface area (Å²) in [6.45, 7) is 0. The van der Waals surface area contributed by atoms with Crippen LogP contribution in [0.4, 0.5) is 5.69 Å². The highest BCUT2D eigenvalue weighted by atomic mass is 16.5. The Labute approximate surface area is 249 Å². The number of hydrogen-bond donors (Lipinski definition) is 0. The molecular weight excluding hydrogens is 542 g/mol. The van der Waals surface area contributed by atoms with Crippen molar-refractivity contribution in [2.45, 2.75) is 18.0 Å². The minimum atomic E-state index is -1.63. The molecule has 1 spiro atoms. The summed E-state index contributed by atoms with van der Waals surface area (Å²) < 4.78 is 17.0. The normalized spacial score (nSPS) is 20.9. The lowest BCUT2D eigenvalue weighted by atomic mass is 9.64. The van der Waals surface area contributed by atoms with Gasteiger partial charge in [-0.15, -0.1) is 0 Å². The maximum absolute atomic E-state index is 14.8. The van der Waals surface area contributed by atoms with Crippen LogP contribution in [0.15, 0.2) is 97.1 Å². The molecule has 43 heavy (non-hydrogen) atoms.